The van der Waals surface area contributed by atoms with Crippen LogP contribution in [-0.4, -0.2) is 41.0 Å². The lowest BCUT2D eigenvalue weighted by molar-refractivity contribution is -0.384. The Hall–Kier alpha value is -1.95. The number of hydrogen-bond acceptors (Lipinski definition) is 4. The fraction of sp³-hybridized carbons (Fsp3) is 0.500. The van der Waals surface area contributed by atoms with E-state index in [1.807, 2.05) is 18.7 Å². The van der Waals surface area contributed by atoms with Gasteiger partial charge in [0.05, 0.1) is 30.1 Å². The second-order valence-corrected chi connectivity index (χ2v) is 5.14. The van der Waals surface area contributed by atoms with Gasteiger partial charge in [-0.2, -0.15) is 0 Å². The molecule has 1 aromatic rings. The lowest BCUT2D eigenvalue weighted by atomic mass is 10.1. The van der Waals surface area contributed by atoms with Gasteiger partial charge in [-0.15, -0.1) is 0 Å². The zero-order valence-corrected chi connectivity index (χ0v) is 11.6. The van der Waals surface area contributed by atoms with Crippen LogP contribution in [0.3, 0.4) is 0 Å². The van der Waals surface area contributed by atoms with E-state index in [2.05, 4.69) is 0 Å². The summed E-state index contributed by atoms with van der Waals surface area (Å²) >= 11 is 0. The van der Waals surface area contributed by atoms with Crippen LogP contribution < -0.4 is 0 Å². The highest BCUT2D eigenvalue weighted by molar-refractivity contribution is 5.79. The average Bonchev–Trinajstić information content (AvgIpc) is 2.42. The van der Waals surface area contributed by atoms with Crippen molar-refractivity contribution in [2.45, 2.75) is 32.4 Å². The molecule has 1 amide bonds. The third-order valence-electron chi connectivity index (χ3n) is 3.43. The molecule has 1 aromatic carbocycles. The molecule has 2 atom stereocenters. The van der Waals surface area contributed by atoms with Crippen LogP contribution in [0.2, 0.25) is 0 Å². The summed E-state index contributed by atoms with van der Waals surface area (Å²) in [4.78, 5) is 24.2. The molecule has 20 heavy (non-hydrogen) atoms. The average molecular weight is 278 g/mol. The molecule has 1 aliphatic heterocycles. The number of ether oxygens (including phenoxy) is 1. The van der Waals surface area contributed by atoms with Crippen molar-refractivity contribution < 1.29 is 14.5 Å². The molecule has 108 valence electrons. The predicted molar refractivity (Wildman–Crippen MR) is 73.4 cm³/mol. The minimum atomic E-state index is -0.447. The summed E-state index contributed by atoms with van der Waals surface area (Å²) in [6, 6.07) is 6.17. The molecule has 0 aromatic heterocycles. The summed E-state index contributed by atoms with van der Waals surface area (Å²) in [5.74, 6) is 0.0292. The topological polar surface area (TPSA) is 72.7 Å². The highest BCUT2D eigenvalue weighted by Crippen LogP contribution is 2.16. The van der Waals surface area contributed by atoms with Crippen LogP contribution in [0.4, 0.5) is 5.69 Å². The summed E-state index contributed by atoms with van der Waals surface area (Å²) in [5.41, 5.74) is 0.821. The predicted octanol–water partition coefficient (Wildman–Crippen LogP) is 1.77. The van der Waals surface area contributed by atoms with Crippen molar-refractivity contribution in [3.63, 3.8) is 0 Å². The molecule has 1 saturated heterocycles. The highest BCUT2D eigenvalue weighted by Gasteiger charge is 2.27. The van der Waals surface area contributed by atoms with E-state index in [4.69, 9.17) is 4.74 Å². The van der Waals surface area contributed by atoms with Crippen LogP contribution >= 0.6 is 0 Å². The molecule has 0 N–H and O–H groups in total. The van der Waals surface area contributed by atoms with Gasteiger partial charge in [-0.05, 0) is 19.4 Å². The molecular weight excluding hydrogens is 260 g/mol. The van der Waals surface area contributed by atoms with E-state index in [-0.39, 0.29) is 30.2 Å². The van der Waals surface area contributed by atoms with Crippen LogP contribution in [0.15, 0.2) is 24.3 Å². The first-order valence-corrected chi connectivity index (χ1v) is 6.61. The van der Waals surface area contributed by atoms with Crippen molar-refractivity contribution >= 4 is 11.6 Å². The number of non-ortho nitro benzene ring substituents is 1. The van der Waals surface area contributed by atoms with Gasteiger partial charge >= 0.3 is 0 Å². The fourth-order valence-electron chi connectivity index (χ4n) is 2.26. The molecule has 6 nitrogen and oxygen atoms in total. The largest absolute Gasteiger partial charge is 0.375 e. The fourth-order valence-corrected chi connectivity index (χ4v) is 2.26. The van der Waals surface area contributed by atoms with Crippen molar-refractivity contribution in [3.8, 4) is 0 Å². The smallest absolute Gasteiger partial charge is 0.269 e. The number of carbonyl (C=O) groups excluding carboxylic acids is 1. The van der Waals surface area contributed by atoms with Gasteiger partial charge in [0.1, 0.15) is 0 Å². The number of nitrogens with zero attached hydrogens (tertiary/aromatic N) is 2. The number of benzene rings is 1. The van der Waals surface area contributed by atoms with Gasteiger partial charge in [0.25, 0.3) is 5.69 Å². The lowest BCUT2D eigenvalue weighted by Crippen LogP contribution is -2.50. The van der Waals surface area contributed by atoms with Gasteiger partial charge in [-0.3, -0.25) is 14.9 Å². The maximum atomic E-state index is 12.3. The van der Waals surface area contributed by atoms with E-state index in [0.717, 1.165) is 5.56 Å². The molecule has 1 aliphatic rings. The number of amides is 1. The lowest BCUT2D eigenvalue weighted by Gasteiger charge is -2.36. The van der Waals surface area contributed by atoms with Gasteiger partial charge < -0.3 is 9.64 Å². The maximum Gasteiger partial charge on any atom is 0.269 e. The Bertz CT molecular complexity index is 500. The second-order valence-electron chi connectivity index (χ2n) is 5.14. The first kappa shape index (κ1) is 14.5. The summed E-state index contributed by atoms with van der Waals surface area (Å²) in [6.45, 7) is 5.04. The third kappa shape index (κ3) is 3.33. The van der Waals surface area contributed by atoms with Crippen LogP contribution in [0.25, 0.3) is 0 Å². The van der Waals surface area contributed by atoms with Crippen LogP contribution in [0.1, 0.15) is 19.4 Å². The molecule has 1 fully saturated rings. The molecule has 6 heteroatoms. The Morgan fingerprint density at radius 3 is 2.65 bits per heavy atom. The monoisotopic (exact) mass is 278 g/mol. The van der Waals surface area contributed by atoms with Crippen molar-refractivity contribution in [3.05, 3.63) is 39.9 Å². The van der Waals surface area contributed by atoms with E-state index in [1.165, 1.54) is 12.1 Å². The van der Waals surface area contributed by atoms with Gasteiger partial charge in [0.15, 0.2) is 0 Å². The summed E-state index contributed by atoms with van der Waals surface area (Å²) in [5, 5.41) is 10.6. The highest BCUT2D eigenvalue weighted by atomic mass is 16.6. The van der Waals surface area contributed by atoms with Gasteiger partial charge in [-0.25, -0.2) is 0 Å². The number of carbonyl (C=O) groups is 1. The van der Waals surface area contributed by atoms with E-state index in [1.54, 1.807) is 12.1 Å². The van der Waals surface area contributed by atoms with E-state index in [9.17, 15) is 14.9 Å². The second kappa shape index (κ2) is 6.00. The number of nitro benzene ring substituents is 1. The van der Waals surface area contributed by atoms with E-state index < -0.39 is 4.92 Å². The minimum Gasteiger partial charge on any atom is -0.375 e. The molecule has 2 unspecified atom stereocenters. The van der Waals surface area contributed by atoms with Crippen molar-refractivity contribution in [2.24, 2.45) is 0 Å². The van der Waals surface area contributed by atoms with Crippen molar-refractivity contribution in [1.82, 2.24) is 4.90 Å². The standard InChI is InChI=1S/C14H18N2O4/c1-10-9-20-11(2)8-15(10)14(17)7-12-3-5-13(6-4-12)16(18)19/h3-6,10-11H,7-9H2,1-2H3. The molecule has 0 radical (unpaired) electrons. The summed E-state index contributed by atoms with van der Waals surface area (Å²) in [6.07, 6.45) is 0.307. The Labute approximate surface area is 117 Å². The Morgan fingerprint density at radius 2 is 2.05 bits per heavy atom. The van der Waals surface area contributed by atoms with Gasteiger partial charge in [0.2, 0.25) is 5.91 Å². The Morgan fingerprint density at radius 1 is 1.40 bits per heavy atom. The first-order chi connectivity index (χ1) is 9.47. The molecular formula is C14H18N2O4. The van der Waals surface area contributed by atoms with Gasteiger partial charge in [0, 0.05) is 18.7 Å². The molecule has 0 bridgehead atoms. The number of rotatable bonds is 3. The van der Waals surface area contributed by atoms with E-state index >= 15 is 0 Å². The summed E-state index contributed by atoms with van der Waals surface area (Å²) in [7, 11) is 0. The minimum absolute atomic E-state index is 0.0292. The third-order valence-corrected chi connectivity index (χ3v) is 3.43. The molecule has 2 rings (SSSR count). The Balaban J connectivity index is 2.01. The zero-order chi connectivity index (χ0) is 14.7. The molecule has 0 saturated carbocycles. The SMILES string of the molecule is CC1CN(C(=O)Cc2ccc([N+](=O)[O-])cc2)C(C)CO1. The first-order valence-electron chi connectivity index (χ1n) is 6.61. The summed E-state index contributed by atoms with van der Waals surface area (Å²) < 4.78 is 5.49. The van der Waals surface area contributed by atoms with Gasteiger partial charge in [-0.1, -0.05) is 12.1 Å². The maximum absolute atomic E-state index is 12.3. The zero-order valence-electron chi connectivity index (χ0n) is 11.6. The number of hydrogen-bond donors (Lipinski definition) is 0. The van der Waals surface area contributed by atoms with Crippen molar-refractivity contribution in [1.29, 1.82) is 0 Å². The van der Waals surface area contributed by atoms with Crippen molar-refractivity contribution in [2.75, 3.05) is 13.2 Å². The Kier molecular flexibility index (Phi) is 4.34. The van der Waals surface area contributed by atoms with E-state index in [0.29, 0.717) is 13.2 Å². The van der Waals surface area contributed by atoms with Crippen LogP contribution in [0.5, 0.6) is 0 Å². The normalized spacial score (nSPS) is 22.6. The quantitative estimate of drug-likeness (QED) is 0.624. The number of nitro groups is 1. The number of morpholine rings is 1. The van der Waals surface area contributed by atoms with Crippen LogP contribution in [0, 0.1) is 10.1 Å². The van der Waals surface area contributed by atoms with Crippen LogP contribution in [-0.2, 0) is 16.0 Å². The molecule has 0 spiro atoms. The molecule has 0 aliphatic carbocycles. The molecule has 1 heterocycles.